The zero-order chi connectivity index (χ0) is 9.97. The van der Waals surface area contributed by atoms with Crippen LogP contribution in [0.4, 0.5) is 0 Å². The molecule has 0 aromatic carbocycles. The Hall–Kier alpha value is -1.33. The van der Waals surface area contributed by atoms with E-state index in [-0.39, 0.29) is 6.04 Å². The zero-order valence-electron chi connectivity index (χ0n) is 7.71. The van der Waals surface area contributed by atoms with E-state index in [0.717, 1.165) is 17.0 Å². The molecule has 0 fully saturated rings. The SMILES string of the molecule is Cc1ccc(C(N)c2cnsn2)cn1. The second-order valence-electron chi connectivity index (χ2n) is 3.04. The Bertz CT molecular complexity index is 395. The summed E-state index contributed by atoms with van der Waals surface area (Å²) in [6.07, 6.45) is 3.47. The molecule has 72 valence electrons. The third-order valence-corrected chi connectivity index (χ3v) is 2.48. The summed E-state index contributed by atoms with van der Waals surface area (Å²) < 4.78 is 8.01. The molecule has 5 heteroatoms. The Morgan fingerprint density at radius 2 is 2.21 bits per heavy atom. The zero-order valence-corrected chi connectivity index (χ0v) is 8.53. The van der Waals surface area contributed by atoms with Gasteiger partial charge in [0.05, 0.1) is 29.7 Å². The number of nitrogens with two attached hydrogens (primary N) is 1. The van der Waals surface area contributed by atoms with E-state index in [0.29, 0.717) is 0 Å². The minimum atomic E-state index is -0.221. The van der Waals surface area contributed by atoms with Gasteiger partial charge in [-0.25, -0.2) is 0 Å². The first kappa shape index (κ1) is 9.23. The highest BCUT2D eigenvalue weighted by molar-refractivity contribution is 6.99. The Balaban J connectivity index is 2.28. The van der Waals surface area contributed by atoms with Crippen molar-refractivity contribution in [2.24, 2.45) is 5.73 Å². The first-order valence-electron chi connectivity index (χ1n) is 4.23. The molecule has 0 bridgehead atoms. The first-order valence-corrected chi connectivity index (χ1v) is 4.96. The van der Waals surface area contributed by atoms with Crippen LogP contribution in [0, 0.1) is 6.92 Å². The van der Waals surface area contributed by atoms with Crippen LogP contribution in [0.2, 0.25) is 0 Å². The van der Waals surface area contributed by atoms with Crippen molar-refractivity contribution in [2.75, 3.05) is 0 Å². The normalized spacial score (nSPS) is 12.7. The van der Waals surface area contributed by atoms with Crippen molar-refractivity contribution in [1.29, 1.82) is 0 Å². The van der Waals surface area contributed by atoms with Gasteiger partial charge in [-0.2, -0.15) is 8.75 Å². The molecular weight excluding hydrogens is 196 g/mol. The standard InChI is InChI=1S/C9H10N4S/c1-6-2-3-7(4-11-6)9(10)8-5-12-14-13-8/h2-5,9H,10H2,1H3. The molecule has 4 nitrogen and oxygen atoms in total. The van der Waals surface area contributed by atoms with Crippen LogP contribution in [-0.4, -0.2) is 13.7 Å². The van der Waals surface area contributed by atoms with Crippen LogP contribution < -0.4 is 5.73 Å². The van der Waals surface area contributed by atoms with E-state index in [1.54, 1.807) is 12.4 Å². The third kappa shape index (κ3) is 1.78. The average molecular weight is 206 g/mol. The lowest BCUT2D eigenvalue weighted by Gasteiger charge is -2.07. The quantitative estimate of drug-likeness (QED) is 0.804. The fourth-order valence-corrected chi connectivity index (χ4v) is 1.60. The molecule has 1 atom stereocenters. The summed E-state index contributed by atoms with van der Waals surface area (Å²) in [5.41, 5.74) is 8.71. The minimum absolute atomic E-state index is 0.221. The van der Waals surface area contributed by atoms with E-state index in [9.17, 15) is 0 Å². The number of hydrogen-bond acceptors (Lipinski definition) is 5. The molecule has 1 unspecified atom stereocenters. The molecule has 0 amide bonds. The maximum Gasteiger partial charge on any atom is 0.0956 e. The molecule has 2 rings (SSSR count). The van der Waals surface area contributed by atoms with Crippen molar-refractivity contribution in [3.05, 3.63) is 41.5 Å². The lowest BCUT2D eigenvalue weighted by Crippen LogP contribution is -2.12. The van der Waals surface area contributed by atoms with E-state index in [1.807, 2.05) is 19.1 Å². The monoisotopic (exact) mass is 206 g/mol. The molecule has 2 aromatic rings. The molecule has 0 aliphatic carbocycles. The average Bonchev–Trinajstić information content (AvgIpc) is 2.71. The van der Waals surface area contributed by atoms with Crippen molar-refractivity contribution in [3.63, 3.8) is 0 Å². The van der Waals surface area contributed by atoms with E-state index < -0.39 is 0 Å². The van der Waals surface area contributed by atoms with Crippen LogP contribution in [0.1, 0.15) is 23.0 Å². The molecule has 0 saturated carbocycles. The van der Waals surface area contributed by atoms with Gasteiger partial charge in [0.15, 0.2) is 0 Å². The Kier molecular flexibility index (Phi) is 2.51. The number of aryl methyl sites for hydroxylation is 1. The fraction of sp³-hybridized carbons (Fsp3) is 0.222. The summed E-state index contributed by atoms with van der Waals surface area (Å²) in [6, 6.07) is 3.68. The molecule has 0 spiro atoms. The maximum atomic E-state index is 5.97. The predicted octanol–water partition coefficient (Wildman–Crippen LogP) is 1.29. The molecule has 14 heavy (non-hydrogen) atoms. The van der Waals surface area contributed by atoms with Crippen LogP contribution in [0.3, 0.4) is 0 Å². The topological polar surface area (TPSA) is 64.7 Å². The smallest absolute Gasteiger partial charge is 0.0956 e. The number of hydrogen-bond donors (Lipinski definition) is 1. The van der Waals surface area contributed by atoms with Crippen molar-refractivity contribution in [3.8, 4) is 0 Å². The van der Waals surface area contributed by atoms with Crippen LogP contribution in [0.25, 0.3) is 0 Å². The second-order valence-corrected chi connectivity index (χ2v) is 3.60. The van der Waals surface area contributed by atoms with Gasteiger partial charge in [0.2, 0.25) is 0 Å². The van der Waals surface area contributed by atoms with E-state index in [1.165, 1.54) is 11.7 Å². The summed E-state index contributed by atoms with van der Waals surface area (Å²) >= 11 is 1.17. The van der Waals surface area contributed by atoms with Crippen molar-refractivity contribution >= 4 is 11.7 Å². The number of pyridine rings is 1. The highest BCUT2D eigenvalue weighted by atomic mass is 32.1. The molecule has 0 aliphatic rings. The maximum absolute atomic E-state index is 5.97. The van der Waals surface area contributed by atoms with Gasteiger partial charge in [0, 0.05) is 11.9 Å². The van der Waals surface area contributed by atoms with Gasteiger partial charge in [-0.1, -0.05) is 6.07 Å². The summed E-state index contributed by atoms with van der Waals surface area (Å²) in [7, 11) is 0. The van der Waals surface area contributed by atoms with Crippen LogP contribution in [0.5, 0.6) is 0 Å². The fourth-order valence-electron chi connectivity index (χ4n) is 1.14. The van der Waals surface area contributed by atoms with Gasteiger partial charge in [0.1, 0.15) is 0 Å². The molecule has 2 aromatic heterocycles. The largest absolute Gasteiger partial charge is 0.319 e. The van der Waals surface area contributed by atoms with Gasteiger partial charge in [-0.05, 0) is 18.6 Å². The van der Waals surface area contributed by atoms with E-state index >= 15 is 0 Å². The highest BCUT2D eigenvalue weighted by Crippen LogP contribution is 2.16. The molecule has 0 aliphatic heterocycles. The Labute approximate surface area is 86.1 Å². The van der Waals surface area contributed by atoms with Gasteiger partial charge in [-0.3, -0.25) is 4.98 Å². The Morgan fingerprint density at radius 1 is 1.36 bits per heavy atom. The number of aromatic nitrogens is 3. The summed E-state index contributed by atoms with van der Waals surface area (Å²) in [5, 5.41) is 0. The molecular formula is C9H10N4S. The molecule has 2 heterocycles. The lowest BCUT2D eigenvalue weighted by atomic mass is 10.1. The van der Waals surface area contributed by atoms with Crippen molar-refractivity contribution in [2.45, 2.75) is 13.0 Å². The van der Waals surface area contributed by atoms with Gasteiger partial charge in [-0.15, -0.1) is 0 Å². The molecule has 0 saturated heterocycles. The van der Waals surface area contributed by atoms with Gasteiger partial charge in [0.25, 0.3) is 0 Å². The second kappa shape index (κ2) is 3.81. The summed E-state index contributed by atoms with van der Waals surface area (Å²) in [4.78, 5) is 4.19. The van der Waals surface area contributed by atoms with E-state index in [2.05, 4.69) is 13.7 Å². The van der Waals surface area contributed by atoms with Gasteiger partial charge < -0.3 is 5.73 Å². The number of nitrogens with zero attached hydrogens (tertiary/aromatic N) is 3. The minimum Gasteiger partial charge on any atom is -0.319 e. The lowest BCUT2D eigenvalue weighted by molar-refractivity contribution is 0.834. The number of rotatable bonds is 2. The van der Waals surface area contributed by atoms with Crippen molar-refractivity contribution < 1.29 is 0 Å². The van der Waals surface area contributed by atoms with Crippen LogP contribution in [-0.2, 0) is 0 Å². The van der Waals surface area contributed by atoms with Crippen LogP contribution >= 0.6 is 11.7 Å². The predicted molar refractivity (Wildman–Crippen MR) is 54.9 cm³/mol. The first-order chi connectivity index (χ1) is 6.77. The Morgan fingerprint density at radius 3 is 2.79 bits per heavy atom. The van der Waals surface area contributed by atoms with Crippen molar-refractivity contribution in [1.82, 2.24) is 13.7 Å². The molecule has 2 N–H and O–H groups in total. The highest BCUT2D eigenvalue weighted by Gasteiger charge is 2.11. The summed E-state index contributed by atoms with van der Waals surface area (Å²) in [5.74, 6) is 0. The van der Waals surface area contributed by atoms with E-state index in [4.69, 9.17) is 5.73 Å². The third-order valence-electron chi connectivity index (χ3n) is 1.99. The van der Waals surface area contributed by atoms with Crippen LogP contribution in [0.15, 0.2) is 24.5 Å². The molecule has 0 radical (unpaired) electrons. The summed E-state index contributed by atoms with van der Waals surface area (Å²) in [6.45, 7) is 1.94. The van der Waals surface area contributed by atoms with Gasteiger partial charge >= 0.3 is 0 Å².